The van der Waals surface area contributed by atoms with E-state index < -0.39 is 0 Å². The molecule has 1 aromatic heterocycles. The molecule has 0 unspecified atom stereocenters. The number of fused-ring (bicyclic) bond motifs is 1. The Labute approximate surface area is 126 Å². The van der Waals surface area contributed by atoms with Crippen LogP contribution >= 0.6 is 11.6 Å². The highest BCUT2D eigenvalue weighted by Gasteiger charge is 2.10. The van der Waals surface area contributed by atoms with Crippen molar-refractivity contribution in [3.05, 3.63) is 64.8 Å². The van der Waals surface area contributed by atoms with Gasteiger partial charge in [-0.15, -0.1) is 0 Å². The molecular formula is C16H10ClN3O. The molecule has 102 valence electrons. The van der Waals surface area contributed by atoms with Gasteiger partial charge < -0.3 is 10.3 Å². The van der Waals surface area contributed by atoms with Crippen molar-refractivity contribution in [2.24, 2.45) is 0 Å². The van der Waals surface area contributed by atoms with Crippen molar-refractivity contribution >= 4 is 34.1 Å². The van der Waals surface area contributed by atoms with Gasteiger partial charge in [0.25, 0.3) is 5.91 Å². The number of anilines is 1. The third-order valence-electron chi connectivity index (χ3n) is 3.16. The van der Waals surface area contributed by atoms with E-state index in [1.165, 1.54) is 6.07 Å². The molecule has 0 fully saturated rings. The Bertz CT molecular complexity index is 877. The summed E-state index contributed by atoms with van der Waals surface area (Å²) in [6.07, 6.45) is 1.82. The van der Waals surface area contributed by atoms with E-state index >= 15 is 0 Å². The fourth-order valence-electron chi connectivity index (χ4n) is 2.07. The van der Waals surface area contributed by atoms with Gasteiger partial charge in [-0.3, -0.25) is 4.79 Å². The lowest BCUT2D eigenvalue weighted by Gasteiger charge is -2.07. The van der Waals surface area contributed by atoms with Gasteiger partial charge in [-0.1, -0.05) is 17.7 Å². The number of hydrogen-bond donors (Lipinski definition) is 2. The number of halogens is 1. The van der Waals surface area contributed by atoms with E-state index in [-0.39, 0.29) is 5.91 Å². The molecule has 0 spiro atoms. The standard InChI is InChI=1S/C16H10ClN3O/c17-13-7-10(9-18)1-4-14(13)20-16(21)12-3-2-11-5-6-19-15(11)8-12/h1-8,19H,(H,20,21). The number of aromatic nitrogens is 1. The molecule has 1 heterocycles. The fraction of sp³-hybridized carbons (Fsp3) is 0. The van der Waals surface area contributed by atoms with Crippen molar-refractivity contribution < 1.29 is 4.79 Å². The highest BCUT2D eigenvalue weighted by molar-refractivity contribution is 6.34. The summed E-state index contributed by atoms with van der Waals surface area (Å²) in [5.74, 6) is -0.252. The second-order valence-electron chi connectivity index (χ2n) is 4.54. The minimum atomic E-state index is -0.252. The van der Waals surface area contributed by atoms with Gasteiger partial charge in [0.2, 0.25) is 0 Å². The largest absolute Gasteiger partial charge is 0.361 e. The number of rotatable bonds is 2. The van der Waals surface area contributed by atoms with Crippen LogP contribution in [0.2, 0.25) is 5.02 Å². The number of benzene rings is 2. The maximum atomic E-state index is 12.2. The Morgan fingerprint density at radius 3 is 2.81 bits per heavy atom. The fourth-order valence-corrected chi connectivity index (χ4v) is 2.30. The average molecular weight is 296 g/mol. The molecule has 0 bridgehead atoms. The number of nitriles is 1. The molecule has 2 N–H and O–H groups in total. The summed E-state index contributed by atoms with van der Waals surface area (Å²) in [5, 5.41) is 12.9. The van der Waals surface area contributed by atoms with E-state index in [2.05, 4.69) is 10.3 Å². The number of nitrogens with one attached hydrogen (secondary N) is 2. The molecule has 1 amide bonds. The third-order valence-corrected chi connectivity index (χ3v) is 3.48. The van der Waals surface area contributed by atoms with Crippen LogP contribution in [-0.4, -0.2) is 10.9 Å². The molecule has 4 nitrogen and oxygen atoms in total. The molecule has 3 rings (SSSR count). The van der Waals surface area contributed by atoms with Gasteiger partial charge in [0.1, 0.15) is 0 Å². The zero-order valence-electron chi connectivity index (χ0n) is 10.9. The summed E-state index contributed by atoms with van der Waals surface area (Å²) < 4.78 is 0. The van der Waals surface area contributed by atoms with Gasteiger partial charge in [-0.2, -0.15) is 5.26 Å². The van der Waals surface area contributed by atoms with Crippen molar-refractivity contribution in [1.29, 1.82) is 5.26 Å². The zero-order chi connectivity index (χ0) is 14.8. The Balaban J connectivity index is 1.87. The van der Waals surface area contributed by atoms with Crippen LogP contribution in [0.4, 0.5) is 5.69 Å². The number of hydrogen-bond acceptors (Lipinski definition) is 2. The normalized spacial score (nSPS) is 10.3. The van der Waals surface area contributed by atoms with Crippen molar-refractivity contribution in [2.75, 3.05) is 5.32 Å². The second-order valence-corrected chi connectivity index (χ2v) is 4.95. The minimum absolute atomic E-state index is 0.252. The molecule has 0 saturated carbocycles. The summed E-state index contributed by atoms with van der Waals surface area (Å²) in [4.78, 5) is 15.3. The van der Waals surface area contributed by atoms with Crippen LogP contribution in [0.3, 0.4) is 0 Å². The van der Waals surface area contributed by atoms with Gasteiger partial charge in [0, 0.05) is 17.3 Å². The summed E-state index contributed by atoms with van der Waals surface area (Å²) >= 11 is 6.05. The van der Waals surface area contributed by atoms with E-state index in [0.717, 1.165) is 10.9 Å². The quantitative estimate of drug-likeness (QED) is 0.751. The van der Waals surface area contributed by atoms with E-state index in [1.807, 2.05) is 24.4 Å². The van der Waals surface area contributed by atoms with E-state index in [1.54, 1.807) is 24.3 Å². The molecule has 0 atom stereocenters. The number of carbonyl (C=O) groups excluding carboxylic acids is 1. The maximum Gasteiger partial charge on any atom is 0.255 e. The summed E-state index contributed by atoms with van der Waals surface area (Å²) in [6.45, 7) is 0. The molecule has 0 saturated heterocycles. The smallest absolute Gasteiger partial charge is 0.255 e. The highest BCUT2D eigenvalue weighted by atomic mass is 35.5. The maximum absolute atomic E-state index is 12.2. The van der Waals surface area contributed by atoms with Crippen LogP contribution in [0, 0.1) is 11.3 Å². The molecular weight excluding hydrogens is 286 g/mol. The molecule has 0 radical (unpaired) electrons. The second kappa shape index (κ2) is 5.31. The van der Waals surface area contributed by atoms with Crippen molar-refractivity contribution in [2.45, 2.75) is 0 Å². The van der Waals surface area contributed by atoms with Crippen LogP contribution < -0.4 is 5.32 Å². The van der Waals surface area contributed by atoms with Crippen LogP contribution in [-0.2, 0) is 0 Å². The first kappa shape index (κ1) is 13.2. The molecule has 5 heteroatoms. The molecule has 0 aliphatic rings. The summed E-state index contributed by atoms with van der Waals surface area (Å²) in [5.41, 5.74) is 2.36. The van der Waals surface area contributed by atoms with Crippen LogP contribution in [0.5, 0.6) is 0 Å². The van der Waals surface area contributed by atoms with E-state index in [0.29, 0.717) is 21.8 Å². The van der Waals surface area contributed by atoms with Crippen LogP contribution in [0.25, 0.3) is 10.9 Å². The average Bonchev–Trinajstić information content (AvgIpc) is 2.96. The molecule has 3 aromatic rings. The SMILES string of the molecule is N#Cc1ccc(NC(=O)c2ccc3cc[nH]c3c2)c(Cl)c1. The minimum Gasteiger partial charge on any atom is -0.361 e. The van der Waals surface area contributed by atoms with Gasteiger partial charge in [0.15, 0.2) is 0 Å². The van der Waals surface area contributed by atoms with Gasteiger partial charge >= 0.3 is 0 Å². The topological polar surface area (TPSA) is 68.7 Å². The molecule has 0 aliphatic carbocycles. The lowest BCUT2D eigenvalue weighted by atomic mass is 10.1. The zero-order valence-corrected chi connectivity index (χ0v) is 11.6. The number of carbonyl (C=O) groups is 1. The molecule has 21 heavy (non-hydrogen) atoms. The lowest BCUT2D eigenvalue weighted by molar-refractivity contribution is 0.102. The van der Waals surface area contributed by atoms with Crippen molar-refractivity contribution in [3.63, 3.8) is 0 Å². The highest BCUT2D eigenvalue weighted by Crippen LogP contribution is 2.24. The van der Waals surface area contributed by atoms with E-state index in [9.17, 15) is 4.79 Å². The monoisotopic (exact) mass is 295 g/mol. The van der Waals surface area contributed by atoms with Gasteiger partial charge in [-0.05, 0) is 41.8 Å². The Morgan fingerprint density at radius 2 is 2.05 bits per heavy atom. The number of amides is 1. The number of aromatic amines is 1. The Kier molecular flexibility index (Phi) is 3.35. The lowest BCUT2D eigenvalue weighted by Crippen LogP contribution is -2.12. The third kappa shape index (κ3) is 2.60. The van der Waals surface area contributed by atoms with Gasteiger partial charge in [-0.25, -0.2) is 0 Å². The van der Waals surface area contributed by atoms with Gasteiger partial charge in [0.05, 0.1) is 22.3 Å². The summed E-state index contributed by atoms with van der Waals surface area (Å²) in [7, 11) is 0. The summed E-state index contributed by atoms with van der Waals surface area (Å²) in [6, 6.07) is 14.1. The number of nitrogens with zero attached hydrogens (tertiary/aromatic N) is 1. The molecule has 2 aromatic carbocycles. The van der Waals surface area contributed by atoms with Crippen LogP contribution in [0.15, 0.2) is 48.7 Å². The predicted octanol–water partition coefficient (Wildman–Crippen LogP) is 3.95. The number of H-pyrrole nitrogens is 1. The van der Waals surface area contributed by atoms with E-state index in [4.69, 9.17) is 16.9 Å². The molecule has 0 aliphatic heterocycles. The van der Waals surface area contributed by atoms with Crippen molar-refractivity contribution in [3.8, 4) is 6.07 Å². The van der Waals surface area contributed by atoms with Crippen molar-refractivity contribution in [1.82, 2.24) is 4.98 Å². The first-order chi connectivity index (χ1) is 10.2. The Hall–Kier alpha value is -2.77. The van der Waals surface area contributed by atoms with Crippen LogP contribution in [0.1, 0.15) is 15.9 Å². The predicted molar refractivity (Wildman–Crippen MR) is 82.4 cm³/mol. The Morgan fingerprint density at radius 1 is 1.19 bits per heavy atom. The first-order valence-electron chi connectivity index (χ1n) is 6.25. The first-order valence-corrected chi connectivity index (χ1v) is 6.63.